The molecule has 0 saturated heterocycles. The lowest BCUT2D eigenvalue weighted by Gasteiger charge is -2.05. The highest BCUT2D eigenvalue weighted by Gasteiger charge is 2.17. The number of hydrogen-bond acceptors (Lipinski definition) is 5. The fourth-order valence-electron chi connectivity index (χ4n) is 2.14. The number of carboxylic acids is 1. The summed E-state index contributed by atoms with van der Waals surface area (Å²) in [5.41, 5.74) is 0.791. The van der Waals surface area contributed by atoms with Gasteiger partial charge in [0, 0.05) is 16.9 Å². The second-order valence-electron chi connectivity index (χ2n) is 4.88. The average Bonchev–Trinajstić information content (AvgIpc) is 3.15. The summed E-state index contributed by atoms with van der Waals surface area (Å²) < 4.78 is 5.09. The zero-order valence-corrected chi connectivity index (χ0v) is 13.3. The second-order valence-corrected chi connectivity index (χ2v) is 6.05. The van der Waals surface area contributed by atoms with Crippen molar-refractivity contribution in [2.45, 2.75) is 39.2 Å². The third-order valence-electron chi connectivity index (χ3n) is 3.45. The molecule has 0 aliphatic rings. The Morgan fingerprint density at radius 1 is 1.36 bits per heavy atom. The predicted molar refractivity (Wildman–Crippen MR) is 82.3 cm³/mol. The molecule has 0 radical (unpaired) electrons. The number of aromatic nitrogens is 1. The summed E-state index contributed by atoms with van der Waals surface area (Å²) in [7, 11) is 0. The molecule has 118 valence electrons. The van der Waals surface area contributed by atoms with Crippen LogP contribution in [-0.2, 0) is 6.54 Å². The zero-order chi connectivity index (χ0) is 16.1. The van der Waals surface area contributed by atoms with E-state index in [0.717, 1.165) is 34.7 Å². The number of carboxylic acid groups (broad SMARTS) is 1. The van der Waals surface area contributed by atoms with Gasteiger partial charge in [0.05, 0.1) is 12.2 Å². The SMILES string of the molecule is CCC(CC)c1cc(C(=O)NCc2ccc(C(=O)O)s2)on1. The molecule has 2 rings (SSSR count). The van der Waals surface area contributed by atoms with E-state index in [2.05, 4.69) is 24.3 Å². The van der Waals surface area contributed by atoms with Gasteiger partial charge in [-0.15, -0.1) is 11.3 Å². The minimum atomic E-state index is -0.965. The molecule has 6 nitrogen and oxygen atoms in total. The molecule has 0 atom stereocenters. The number of rotatable bonds is 7. The van der Waals surface area contributed by atoms with Crippen LogP contribution in [0, 0.1) is 0 Å². The number of amides is 1. The lowest BCUT2D eigenvalue weighted by molar-refractivity contribution is 0.0702. The van der Waals surface area contributed by atoms with Crippen LogP contribution in [0.2, 0.25) is 0 Å². The average molecular weight is 322 g/mol. The third kappa shape index (κ3) is 3.73. The van der Waals surface area contributed by atoms with E-state index < -0.39 is 5.97 Å². The third-order valence-corrected chi connectivity index (χ3v) is 4.52. The molecule has 2 N–H and O–H groups in total. The first-order valence-corrected chi connectivity index (χ1v) is 7.93. The molecule has 22 heavy (non-hydrogen) atoms. The number of carbonyl (C=O) groups is 2. The van der Waals surface area contributed by atoms with Crippen molar-refractivity contribution < 1.29 is 19.2 Å². The quantitative estimate of drug-likeness (QED) is 0.816. The minimum Gasteiger partial charge on any atom is -0.477 e. The van der Waals surface area contributed by atoms with Gasteiger partial charge in [-0.25, -0.2) is 4.79 Å². The summed E-state index contributed by atoms with van der Waals surface area (Å²) in [4.78, 5) is 23.8. The first-order valence-electron chi connectivity index (χ1n) is 7.11. The van der Waals surface area contributed by atoms with Crippen LogP contribution in [0.1, 0.15) is 63.4 Å². The maximum absolute atomic E-state index is 12.0. The van der Waals surface area contributed by atoms with E-state index in [4.69, 9.17) is 9.63 Å². The standard InChI is InChI=1S/C15H18N2O4S/c1-3-9(4-2)11-7-12(21-17-11)14(18)16-8-10-5-6-13(22-10)15(19)20/h5-7,9H,3-4,8H2,1-2H3,(H,16,18)(H,19,20). The Balaban J connectivity index is 1.95. The summed E-state index contributed by atoms with van der Waals surface area (Å²) in [6, 6.07) is 4.88. The largest absolute Gasteiger partial charge is 0.477 e. The highest BCUT2D eigenvalue weighted by atomic mass is 32.1. The van der Waals surface area contributed by atoms with E-state index in [0.29, 0.717) is 5.92 Å². The van der Waals surface area contributed by atoms with E-state index in [9.17, 15) is 9.59 Å². The van der Waals surface area contributed by atoms with Crippen molar-refractivity contribution in [2.24, 2.45) is 0 Å². The Morgan fingerprint density at radius 2 is 2.09 bits per heavy atom. The maximum Gasteiger partial charge on any atom is 0.345 e. The number of nitrogens with zero attached hydrogens (tertiary/aromatic N) is 1. The normalized spacial score (nSPS) is 10.9. The molecule has 1 amide bonds. The number of nitrogens with one attached hydrogen (secondary N) is 1. The van der Waals surface area contributed by atoms with E-state index in [-0.39, 0.29) is 23.1 Å². The molecule has 7 heteroatoms. The van der Waals surface area contributed by atoms with Crippen LogP contribution in [0.4, 0.5) is 0 Å². The molecule has 2 aromatic rings. The molecule has 2 heterocycles. The Morgan fingerprint density at radius 3 is 2.68 bits per heavy atom. The molecule has 0 aromatic carbocycles. The highest BCUT2D eigenvalue weighted by molar-refractivity contribution is 7.13. The first-order chi connectivity index (χ1) is 10.5. The van der Waals surface area contributed by atoms with Crippen molar-refractivity contribution in [3.05, 3.63) is 39.4 Å². The lowest BCUT2D eigenvalue weighted by Crippen LogP contribution is -2.21. The molecule has 0 spiro atoms. The van der Waals surface area contributed by atoms with E-state index in [1.165, 1.54) is 6.07 Å². The molecule has 0 bridgehead atoms. The minimum absolute atomic E-state index is 0.178. The van der Waals surface area contributed by atoms with Crippen molar-refractivity contribution in [1.82, 2.24) is 10.5 Å². The van der Waals surface area contributed by atoms with Gasteiger partial charge in [0.2, 0.25) is 5.76 Å². The second kappa shape index (κ2) is 7.22. The first kappa shape index (κ1) is 16.2. The van der Waals surface area contributed by atoms with Crippen molar-refractivity contribution in [2.75, 3.05) is 0 Å². The van der Waals surface area contributed by atoms with Crippen molar-refractivity contribution in [3.63, 3.8) is 0 Å². The molecule has 0 aliphatic heterocycles. The van der Waals surface area contributed by atoms with Gasteiger partial charge in [0.1, 0.15) is 4.88 Å². The molecule has 2 aromatic heterocycles. The molecule has 0 aliphatic carbocycles. The van der Waals surface area contributed by atoms with E-state index >= 15 is 0 Å². The maximum atomic E-state index is 12.0. The summed E-state index contributed by atoms with van der Waals surface area (Å²) in [6.07, 6.45) is 1.88. The number of thiophene rings is 1. The van der Waals surface area contributed by atoms with E-state index in [1.807, 2.05) is 0 Å². The highest BCUT2D eigenvalue weighted by Crippen LogP contribution is 2.22. The Hall–Kier alpha value is -2.15. The van der Waals surface area contributed by atoms with Gasteiger partial charge in [-0.3, -0.25) is 4.79 Å². The van der Waals surface area contributed by atoms with Gasteiger partial charge in [-0.05, 0) is 25.0 Å². The van der Waals surface area contributed by atoms with Gasteiger partial charge in [-0.2, -0.15) is 0 Å². The predicted octanol–water partition coefficient (Wildman–Crippen LogP) is 3.27. The van der Waals surface area contributed by atoms with Gasteiger partial charge in [0.15, 0.2) is 0 Å². The lowest BCUT2D eigenvalue weighted by atomic mass is 9.99. The fraction of sp³-hybridized carbons (Fsp3) is 0.400. The van der Waals surface area contributed by atoms with Crippen LogP contribution in [-0.4, -0.2) is 22.1 Å². The summed E-state index contributed by atoms with van der Waals surface area (Å²) in [5, 5.41) is 15.5. The van der Waals surface area contributed by atoms with Crippen LogP contribution in [0.15, 0.2) is 22.7 Å². The van der Waals surface area contributed by atoms with Gasteiger partial charge in [-0.1, -0.05) is 19.0 Å². The molecule has 0 unspecified atom stereocenters. The van der Waals surface area contributed by atoms with Gasteiger partial charge in [0.25, 0.3) is 5.91 Å². The molecule has 0 fully saturated rings. The monoisotopic (exact) mass is 322 g/mol. The summed E-state index contributed by atoms with van der Waals surface area (Å²) >= 11 is 1.14. The molecule has 0 saturated carbocycles. The Bertz CT molecular complexity index is 658. The smallest absolute Gasteiger partial charge is 0.345 e. The topological polar surface area (TPSA) is 92.4 Å². The van der Waals surface area contributed by atoms with Crippen LogP contribution < -0.4 is 5.32 Å². The zero-order valence-electron chi connectivity index (χ0n) is 12.5. The van der Waals surface area contributed by atoms with Crippen LogP contribution >= 0.6 is 11.3 Å². The van der Waals surface area contributed by atoms with Gasteiger partial charge >= 0.3 is 5.97 Å². The summed E-state index contributed by atoms with van der Waals surface area (Å²) in [6.45, 7) is 4.40. The molecular weight excluding hydrogens is 304 g/mol. The number of aromatic carboxylic acids is 1. The molecular formula is C15H18N2O4S. The van der Waals surface area contributed by atoms with E-state index in [1.54, 1.807) is 12.1 Å². The summed E-state index contributed by atoms with van der Waals surface area (Å²) in [5.74, 6) is -0.847. The van der Waals surface area contributed by atoms with Crippen LogP contribution in [0.25, 0.3) is 0 Å². The Labute approximate surface area is 132 Å². The van der Waals surface area contributed by atoms with Gasteiger partial charge < -0.3 is 14.9 Å². The van der Waals surface area contributed by atoms with Crippen LogP contribution in [0.5, 0.6) is 0 Å². The van der Waals surface area contributed by atoms with Crippen molar-refractivity contribution >= 4 is 23.2 Å². The number of carbonyl (C=O) groups excluding carboxylic acids is 1. The fourth-order valence-corrected chi connectivity index (χ4v) is 2.92. The number of hydrogen-bond donors (Lipinski definition) is 2. The van der Waals surface area contributed by atoms with Crippen molar-refractivity contribution in [1.29, 1.82) is 0 Å². The Kier molecular flexibility index (Phi) is 5.32. The van der Waals surface area contributed by atoms with Crippen LogP contribution in [0.3, 0.4) is 0 Å². The van der Waals surface area contributed by atoms with Crippen molar-refractivity contribution in [3.8, 4) is 0 Å².